The summed E-state index contributed by atoms with van der Waals surface area (Å²) in [7, 11) is 0. The van der Waals surface area contributed by atoms with Crippen LogP contribution in [0.5, 0.6) is 0 Å². The smallest absolute Gasteiger partial charge is 0.211 e. The van der Waals surface area contributed by atoms with Crippen LogP contribution in [-0.2, 0) is 16.1 Å². The lowest BCUT2D eigenvalue weighted by molar-refractivity contribution is -0.109. The zero-order chi connectivity index (χ0) is 28.4. The number of rotatable bonds is 12. The zero-order valence-electron chi connectivity index (χ0n) is 22.2. The summed E-state index contributed by atoms with van der Waals surface area (Å²) in [5.74, 6) is -0.267. The number of amides is 2. The fourth-order valence-electron chi connectivity index (χ4n) is 2.69. The molecule has 0 aliphatic heterocycles. The molecule has 5 N–H and O–H groups in total. The summed E-state index contributed by atoms with van der Waals surface area (Å²) in [6.07, 6.45) is 0.790. The highest BCUT2D eigenvalue weighted by molar-refractivity contribution is 6.31. The van der Waals surface area contributed by atoms with Gasteiger partial charge in [0.15, 0.2) is 0 Å². The van der Waals surface area contributed by atoms with Crippen molar-refractivity contribution in [2.45, 2.75) is 59.6 Å². The molecule has 0 aliphatic carbocycles. The average Bonchev–Trinajstić information content (AvgIpc) is 2.81. The molecule has 0 radical (unpaired) electrons. The summed E-state index contributed by atoms with van der Waals surface area (Å²) in [4.78, 5) is 20.3. The van der Waals surface area contributed by atoms with Crippen molar-refractivity contribution in [3.8, 4) is 0 Å². The highest BCUT2D eigenvalue weighted by atomic mass is 35.5. The maximum atomic E-state index is 13.6. The summed E-state index contributed by atoms with van der Waals surface area (Å²) >= 11 is 11.7. The molecule has 0 heterocycles. The monoisotopic (exact) mass is 559 g/mol. The first-order chi connectivity index (χ1) is 17.3. The number of nitrogens with one attached hydrogen (secondary N) is 3. The van der Waals surface area contributed by atoms with Crippen molar-refractivity contribution in [3.05, 3.63) is 63.4 Å². The maximum Gasteiger partial charge on any atom is 0.211 e. The van der Waals surface area contributed by atoms with Gasteiger partial charge in [-0.1, -0.05) is 70.0 Å². The third-order valence-electron chi connectivity index (χ3n) is 4.46. The van der Waals surface area contributed by atoms with Crippen molar-refractivity contribution in [2.24, 2.45) is 5.41 Å². The van der Waals surface area contributed by atoms with Gasteiger partial charge in [0.1, 0.15) is 5.82 Å². The van der Waals surface area contributed by atoms with Gasteiger partial charge in [-0.05, 0) is 53.1 Å². The van der Waals surface area contributed by atoms with E-state index in [1.165, 1.54) is 12.1 Å². The topological polar surface area (TPSA) is 111 Å². The van der Waals surface area contributed by atoms with E-state index in [-0.39, 0.29) is 17.5 Å². The molecule has 7 nitrogen and oxygen atoms in total. The van der Waals surface area contributed by atoms with Crippen LogP contribution in [0.25, 0.3) is 0 Å². The quantitative estimate of drug-likeness (QED) is 0.183. The molecule has 2 aromatic carbocycles. The summed E-state index contributed by atoms with van der Waals surface area (Å²) in [5.41, 5.74) is 2.75. The van der Waals surface area contributed by atoms with Gasteiger partial charge in [-0.25, -0.2) is 4.39 Å². The standard InChI is InChI=1S/C17H17Cl2FN2O.C5H11NO3.C5H12/c1-11(12-3-2-4-14(18)5-12)8-21-9-13-6-16(20)15(19)7-17(13)22-10-23;7-3-5(9)1-2-6-4-8;1-5(2,3)4/h2-7,10-11,21H,8-9H2,1H3,(H,22,23);4-5,7,9H,1-3H2,(H,6,8);1-4H3. The molecule has 2 amide bonds. The second kappa shape index (κ2) is 18.9. The molecule has 2 unspecified atom stereocenters. The van der Waals surface area contributed by atoms with E-state index in [0.717, 1.165) is 5.56 Å². The minimum absolute atomic E-state index is 0.0228. The third kappa shape index (κ3) is 17.8. The average molecular weight is 561 g/mol. The minimum atomic E-state index is -0.711. The first-order valence-electron chi connectivity index (χ1n) is 11.9. The van der Waals surface area contributed by atoms with Gasteiger partial charge in [-0.15, -0.1) is 0 Å². The Labute approximate surface area is 229 Å². The summed E-state index contributed by atoms with van der Waals surface area (Å²) < 4.78 is 13.6. The Morgan fingerprint density at radius 3 is 2.27 bits per heavy atom. The number of benzene rings is 2. The molecule has 2 atom stereocenters. The van der Waals surface area contributed by atoms with Crippen LogP contribution in [0.2, 0.25) is 10.0 Å². The molecular weight excluding hydrogens is 520 g/mol. The van der Waals surface area contributed by atoms with Crippen LogP contribution in [0.4, 0.5) is 10.1 Å². The summed E-state index contributed by atoms with van der Waals surface area (Å²) in [6.45, 7) is 12.1. The van der Waals surface area contributed by atoms with Crippen molar-refractivity contribution < 1.29 is 24.2 Å². The van der Waals surface area contributed by atoms with Gasteiger partial charge in [-0.2, -0.15) is 0 Å². The van der Waals surface area contributed by atoms with Gasteiger partial charge in [0.2, 0.25) is 12.8 Å². The third-order valence-corrected chi connectivity index (χ3v) is 4.98. The van der Waals surface area contributed by atoms with Gasteiger partial charge < -0.3 is 26.2 Å². The summed E-state index contributed by atoms with van der Waals surface area (Å²) in [5, 5.41) is 25.8. The molecule has 0 aromatic heterocycles. The molecular formula is C27H40Cl2FN3O4. The number of aliphatic hydroxyl groups excluding tert-OH is 2. The van der Waals surface area contributed by atoms with Crippen LogP contribution in [0.3, 0.4) is 0 Å². The van der Waals surface area contributed by atoms with Gasteiger partial charge in [0.05, 0.1) is 17.7 Å². The predicted octanol–water partition coefficient (Wildman–Crippen LogP) is 5.12. The fraction of sp³-hybridized carbons (Fsp3) is 0.481. The molecule has 37 heavy (non-hydrogen) atoms. The second-order valence-corrected chi connectivity index (χ2v) is 10.8. The Balaban J connectivity index is 0.000000765. The lowest BCUT2D eigenvalue weighted by Gasteiger charge is -2.15. The Morgan fingerprint density at radius 2 is 1.73 bits per heavy atom. The lowest BCUT2D eigenvalue weighted by atomic mass is 10.0. The van der Waals surface area contributed by atoms with Gasteiger partial charge in [0, 0.05) is 30.3 Å². The van der Waals surface area contributed by atoms with Gasteiger partial charge in [-0.3, -0.25) is 9.59 Å². The van der Waals surface area contributed by atoms with E-state index in [0.29, 0.717) is 60.6 Å². The maximum absolute atomic E-state index is 13.6. The molecule has 0 aliphatic rings. The van der Waals surface area contributed by atoms with Crippen LogP contribution in [0, 0.1) is 11.2 Å². The number of hydrogen-bond acceptors (Lipinski definition) is 5. The van der Waals surface area contributed by atoms with E-state index >= 15 is 0 Å². The summed E-state index contributed by atoms with van der Waals surface area (Å²) in [6, 6.07) is 10.4. The van der Waals surface area contributed by atoms with Crippen LogP contribution < -0.4 is 16.0 Å². The molecule has 208 valence electrons. The van der Waals surface area contributed by atoms with E-state index in [1.807, 2.05) is 24.3 Å². The van der Waals surface area contributed by atoms with Crippen LogP contribution in [0.15, 0.2) is 36.4 Å². The molecule has 2 rings (SSSR count). The number of anilines is 1. The second-order valence-electron chi connectivity index (χ2n) is 9.97. The van der Waals surface area contributed by atoms with Crippen molar-refractivity contribution in [1.29, 1.82) is 0 Å². The first-order valence-corrected chi connectivity index (χ1v) is 12.7. The first kappa shape index (κ1) is 34.8. The predicted molar refractivity (Wildman–Crippen MR) is 150 cm³/mol. The molecule has 10 heteroatoms. The van der Waals surface area contributed by atoms with Gasteiger partial charge >= 0.3 is 0 Å². The Kier molecular flexibility index (Phi) is 17.8. The van der Waals surface area contributed by atoms with E-state index < -0.39 is 11.9 Å². The highest BCUT2D eigenvalue weighted by Crippen LogP contribution is 2.24. The van der Waals surface area contributed by atoms with E-state index in [2.05, 4.69) is 50.6 Å². The van der Waals surface area contributed by atoms with E-state index in [1.54, 1.807) is 0 Å². The van der Waals surface area contributed by atoms with Crippen molar-refractivity contribution in [3.63, 3.8) is 0 Å². The van der Waals surface area contributed by atoms with Crippen molar-refractivity contribution >= 4 is 41.7 Å². The number of halogens is 3. The SMILES string of the molecule is CC(C)(C)C.CC(CNCc1cc(F)c(Cl)cc1NC=O)c1cccc(Cl)c1.O=CNCCC(O)CO. The van der Waals surface area contributed by atoms with E-state index in [9.17, 15) is 14.0 Å². The molecule has 0 bridgehead atoms. The van der Waals surface area contributed by atoms with Crippen LogP contribution in [0.1, 0.15) is 58.1 Å². The molecule has 0 saturated carbocycles. The van der Waals surface area contributed by atoms with Gasteiger partial charge in [0.25, 0.3) is 0 Å². The Bertz CT molecular complexity index is 936. The zero-order valence-corrected chi connectivity index (χ0v) is 23.7. The Hall–Kier alpha value is -2.23. The minimum Gasteiger partial charge on any atom is -0.394 e. The Morgan fingerprint density at radius 1 is 1.08 bits per heavy atom. The molecule has 0 saturated heterocycles. The largest absolute Gasteiger partial charge is 0.394 e. The number of hydrogen-bond donors (Lipinski definition) is 5. The molecule has 2 aromatic rings. The van der Waals surface area contributed by atoms with Crippen molar-refractivity contribution in [2.75, 3.05) is 25.0 Å². The number of aliphatic hydroxyl groups is 2. The van der Waals surface area contributed by atoms with Crippen molar-refractivity contribution in [1.82, 2.24) is 10.6 Å². The highest BCUT2D eigenvalue weighted by Gasteiger charge is 2.10. The molecule has 0 fully saturated rings. The fourth-order valence-corrected chi connectivity index (χ4v) is 3.05. The molecule has 0 spiro atoms. The van der Waals surface area contributed by atoms with E-state index in [4.69, 9.17) is 33.4 Å². The van der Waals surface area contributed by atoms with Crippen LogP contribution in [-0.4, -0.2) is 48.8 Å². The lowest BCUT2D eigenvalue weighted by Crippen LogP contribution is -2.21. The number of carbonyl (C=O) groups excluding carboxylic acids is 2. The number of carbonyl (C=O) groups is 2. The van der Waals surface area contributed by atoms with Crippen LogP contribution >= 0.6 is 23.2 Å². The normalized spacial score (nSPS) is 12.2.